The fourth-order valence-corrected chi connectivity index (χ4v) is 2.48. The SMILES string of the molecule is Cc1cc(C2CCCN2C(C)C)nn1C. The van der Waals surface area contributed by atoms with Crippen LogP contribution in [-0.4, -0.2) is 27.3 Å². The highest BCUT2D eigenvalue weighted by Crippen LogP contribution is 2.32. The predicted molar refractivity (Wildman–Crippen MR) is 61.8 cm³/mol. The first-order valence-electron chi connectivity index (χ1n) is 5.86. The lowest BCUT2D eigenvalue weighted by molar-refractivity contribution is 0.201. The van der Waals surface area contributed by atoms with E-state index in [1.54, 1.807) is 0 Å². The lowest BCUT2D eigenvalue weighted by atomic mass is 10.1. The van der Waals surface area contributed by atoms with Gasteiger partial charge >= 0.3 is 0 Å². The van der Waals surface area contributed by atoms with E-state index in [9.17, 15) is 0 Å². The van der Waals surface area contributed by atoms with Crippen molar-refractivity contribution in [3.05, 3.63) is 17.5 Å². The Labute approximate surface area is 92.1 Å². The summed E-state index contributed by atoms with van der Waals surface area (Å²) in [5.41, 5.74) is 2.50. The topological polar surface area (TPSA) is 21.1 Å². The molecule has 84 valence electrons. The molecule has 1 aromatic rings. The molecule has 0 N–H and O–H groups in total. The van der Waals surface area contributed by atoms with Crippen LogP contribution in [0.5, 0.6) is 0 Å². The van der Waals surface area contributed by atoms with E-state index in [4.69, 9.17) is 0 Å². The molecule has 1 atom stereocenters. The van der Waals surface area contributed by atoms with Gasteiger partial charge in [0.25, 0.3) is 0 Å². The number of hydrogen-bond acceptors (Lipinski definition) is 2. The summed E-state index contributed by atoms with van der Waals surface area (Å²) in [7, 11) is 2.02. The first kappa shape index (κ1) is 10.7. The van der Waals surface area contributed by atoms with Crippen molar-refractivity contribution >= 4 is 0 Å². The molecule has 0 radical (unpaired) electrons. The highest BCUT2D eigenvalue weighted by Gasteiger charge is 2.29. The van der Waals surface area contributed by atoms with Gasteiger partial charge in [-0.3, -0.25) is 9.58 Å². The molecule has 0 aromatic carbocycles. The average molecular weight is 207 g/mol. The van der Waals surface area contributed by atoms with Crippen LogP contribution in [0, 0.1) is 6.92 Å². The second-order valence-electron chi connectivity index (χ2n) is 4.82. The standard InChI is InChI=1S/C12H21N3/c1-9(2)15-7-5-6-12(15)11-8-10(3)14(4)13-11/h8-9,12H,5-7H2,1-4H3. The van der Waals surface area contributed by atoms with Crippen LogP contribution < -0.4 is 0 Å². The summed E-state index contributed by atoms with van der Waals surface area (Å²) in [5.74, 6) is 0. The fraction of sp³-hybridized carbons (Fsp3) is 0.750. The second kappa shape index (κ2) is 3.97. The Morgan fingerprint density at radius 2 is 2.20 bits per heavy atom. The molecule has 1 unspecified atom stereocenters. The molecule has 15 heavy (non-hydrogen) atoms. The third-order valence-electron chi connectivity index (χ3n) is 3.43. The van der Waals surface area contributed by atoms with Gasteiger partial charge in [0.1, 0.15) is 0 Å². The maximum atomic E-state index is 4.60. The molecule has 1 aromatic heterocycles. The second-order valence-corrected chi connectivity index (χ2v) is 4.82. The minimum atomic E-state index is 0.546. The molecule has 1 aliphatic rings. The van der Waals surface area contributed by atoms with Gasteiger partial charge < -0.3 is 0 Å². The molecule has 2 rings (SSSR count). The van der Waals surface area contributed by atoms with Crippen molar-refractivity contribution < 1.29 is 0 Å². The molecule has 1 fully saturated rings. The van der Waals surface area contributed by atoms with Crippen molar-refractivity contribution in [3.63, 3.8) is 0 Å². The quantitative estimate of drug-likeness (QED) is 0.742. The lowest BCUT2D eigenvalue weighted by Gasteiger charge is -2.26. The maximum absolute atomic E-state index is 4.60. The number of nitrogens with zero attached hydrogens (tertiary/aromatic N) is 3. The van der Waals surface area contributed by atoms with E-state index in [0.29, 0.717) is 12.1 Å². The van der Waals surface area contributed by atoms with Gasteiger partial charge in [0.2, 0.25) is 0 Å². The molecule has 0 amide bonds. The monoisotopic (exact) mass is 207 g/mol. The molecule has 3 nitrogen and oxygen atoms in total. The Bertz CT molecular complexity index is 321. The van der Waals surface area contributed by atoms with Crippen LogP contribution in [0.3, 0.4) is 0 Å². The Hall–Kier alpha value is -0.830. The zero-order valence-corrected chi connectivity index (χ0v) is 10.2. The Morgan fingerprint density at radius 3 is 2.73 bits per heavy atom. The first-order chi connectivity index (χ1) is 7.09. The largest absolute Gasteiger partial charge is 0.292 e. The molecule has 0 saturated carbocycles. The van der Waals surface area contributed by atoms with E-state index in [0.717, 1.165) is 0 Å². The third-order valence-corrected chi connectivity index (χ3v) is 3.43. The number of likely N-dealkylation sites (tertiary alicyclic amines) is 1. The molecule has 1 saturated heterocycles. The van der Waals surface area contributed by atoms with Crippen molar-refractivity contribution in [2.24, 2.45) is 7.05 Å². The zero-order valence-electron chi connectivity index (χ0n) is 10.2. The van der Waals surface area contributed by atoms with Gasteiger partial charge in [-0.2, -0.15) is 5.10 Å². The predicted octanol–water partition coefficient (Wildman–Crippen LogP) is 2.27. The summed E-state index contributed by atoms with van der Waals surface area (Å²) in [6, 6.07) is 3.40. The van der Waals surface area contributed by atoms with Crippen LogP contribution in [0.25, 0.3) is 0 Å². The van der Waals surface area contributed by atoms with E-state index in [1.165, 1.54) is 30.8 Å². The van der Waals surface area contributed by atoms with Crippen LogP contribution in [0.15, 0.2) is 6.07 Å². The van der Waals surface area contributed by atoms with E-state index in [2.05, 4.69) is 36.8 Å². The molecular formula is C12H21N3. The molecule has 3 heteroatoms. The van der Waals surface area contributed by atoms with Crippen molar-refractivity contribution in [2.75, 3.05) is 6.54 Å². The summed E-state index contributed by atoms with van der Waals surface area (Å²) in [5, 5.41) is 4.60. The van der Waals surface area contributed by atoms with Gasteiger partial charge in [-0.05, 0) is 46.2 Å². The minimum absolute atomic E-state index is 0.546. The van der Waals surface area contributed by atoms with Crippen LogP contribution in [0.2, 0.25) is 0 Å². The molecule has 0 aliphatic carbocycles. The molecule has 0 bridgehead atoms. The normalized spacial score (nSPS) is 22.9. The average Bonchev–Trinajstić information content (AvgIpc) is 2.73. The maximum Gasteiger partial charge on any atom is 0.0798 e. The van der Waals surface area contributed by atoms with Crippen molar-refractivity contribution in [2.45, 2.75) is 45.7 Å². The van der Waals surface area contributed by atoms with Gasteiger partial charge in [0.05, 0.1) is 11.7 Å². The number of rotatable bonds is 2. The highest BCUT2D eigenvalue weighted by atomic mass is 15.3. The summed E-state index contributed by atoms with van der Waals surface area (Å²) >= 11 is 0. The summed E-state index contributed by atoms with van der Waals surface area (Å²) < 4.78 is 1.98. The summed E-state index contributed by atoms with van der Waals surface area (Å²) in [6.45, 7) is 7.88. The van der Waals surface area contributed by atoms with Crippen LogP contribution in [0.4, 0.5) is 0 Å². The first-order valence-corrected chi connectivity index (χ1v) is 5.86. The lowest BCUT2D eigenvalue weighted by Crippen LogP contribution is -2.30. The molecule has 0 spiro atoms. The smallest absolute Gasteiger partial charge is 0.0798 e. The van der Waals surface area contributed by atoms with Crippen molar-refractivity contribution in [1.82, 2.24) is 14.7 Å². The van der Waals surface area contributed by atoms with E-state index < -0.39 is 0 Å². The zero-order chi connectivity index (χ0) is 11.0. The Kier molecular flexibility index (Phi) is 2.83. The fourth-order valence-electron chi connectivity index (χ4n) is 2.48. The number of aromatic nitrogens is 2. The highest BCUT2D eigenvalue weighted by molar-refractivity contribution is 5.14. The van der Waals surface area contributed by atoms with Crippen molar-refractivity contribution in [3.8, 4) is 0 Å². The van der Waals surface area contributed by atoms with Gasteiger partial charge in [-0.1, -0.05) is 0 Å². The third kappa shape index (κ3) is 1.93. The number of hydrogen-bond donors (Lipinski definition) is 0. The van der Waals surface area contributed by atoms with Gasteiger partial charge in [-0.15, -0.1) is 0 Å². The van der Waals surface area contributed by atoms with Crippen LogP contribution in [-0.2, 0) is 7.05 Å². The van der Waals surface area contributed by atoms with Gasteiger partial charge in [-0.25, -0.2) is 0 Å². The van der Waals surface area contributed by atoms with E-state index in [1.807, 2.05) is 11.7 Å². The Morgan fingerprint density at radius 1 is 1.47 bits per heavy atom. The van der Waals surface area contributed by atoms with Crippen LogP contribution >= 0.6 is 0 Å². The number of aryl methyl sites for hydroxylation is 2. The summed E-state index contributed by atoms with van der Waals surface area (Å²) in [6.07, 6.45) is 2.56. The molecule has 1 aliphatic heterocycles. The summed E-state index contributed by atoms with van der Waals surface area (Å²) in [4.78, 5) is 2.56. The van der Waals surface area contributed by atoms with Crippen molar-refractivity contribution in [1.29, 1.82) is 0 Å². The minimum Gasteiger partial charge on any atom is -0.292 e. The van der Waals surface area contributed by atoms with E-state index >= 15 is 0 Å². The van der Waals surface area contributed by atoms with Crippen LogP contribution in [0.1, 0.15) is 44.1 Å². The van der Waals surface area contributed by atoms with E-state index in [-0.39, 0.29) is 0 Å². The van der Waals surface area contributed by atoms with Gasteiger partial charge in [0.15, 0.2) is 0 Å². The van der Waals surface area contributed by atoms with Gasteiger partial charge in [0, 0.05) is 18.8 Å². The Balaban J connectivity index is 2.22. The molecule has 2 heterocycles. The molecular weight excluding hydrogens is 186 g/mol.